The number of nitrogens with zero attached hydrogens (tertiary/aromatic N) is 1. The van der Waals surface area contributed by atoms with Crippen LogP contribution in [0.1, 0.15) is 24.5 Å². The molecular weight excluding hydrogens is 367 g/mol. The van der Waals surface area contributed by atoms with Crippen molar-refractivity contribution in [2.75, 3.05) is 0 Å². The van der Waals surface area contributed by atoms with Crippen molar-refractivity contribution in [1.82, 2.24) is 10.2 Å². The number of benzene rings is 3. The molecule has 4 rings (SSSR count). The smallest absolute Gasteiger partial charge is 0.319 e. The lowest BCUT2D eigenvalue weighted by Gasteiger charge is -2.25. The van der Waals surface area contributed by atoms with Crippen molar-refractivity contribution >= 4 is 11.9 Å². The first-order valence-electron chi connectivity index (χ1n) is 9.58. The highest BCUT2D eigenvalue weighted by atomic mass is 19.1. The quantitative estimate of drug-likeness (QED) is 0.635. The molecule has 0 aromatic heterocycles. The summed E-state index contributed by atoms with van der Waals surface area (Å²) in [4.78, 5) is 27.0. The van der Waals surface area contributed by atoms with E-state index in [1.54, 1.807) is 12.1 Å². The Morgan fingerprint density at radius 3 is 2.10 bits per heavy atom. The predicted molar refractivity (Wildman–Crippen MR) is 109 cm³/mol. The van der Waals surface area contributed by atoms with Gasteiger partial charge in [0.25, 0.3) is 5.91 Å². The van der Waals surface area contributed by atoms with Crippen molar-refractivity contribution in [2.45, 2.75) is 25.4 Å². The van der Waals surface area contributed by atoms with Crippen LogP contribution in [0.5, 0.6) is 0 Å². The molecule has 1 aliphatic heterocycles. The molecule has 1 atom stereocenters. The summed E-state index contributed by atoms with van der Waals surface area (Å²) in [6.45, 7) is 2.02. The molecule has 0 bridgehead atoms. The van der Waals surface area contributed by atoms with Crippen LogP contribution in [0, 0.1) is 5.82 Å². The Morgan fingerprint density at radius 2 is 1.48 bits per heavy atom. The van der Waals surface area contributed by atoms with Crippen molar-refractivity contribution in [2.24, 2.45) is 0 Å². The molecule has 3 amide bonds. The van der Waals surface area contributed by atoms with Gasteiger partial charge >= 0.3 is 6.03 Å². The molecule has 3 aromatic rings. The predicted octanol–water partition coefficient (Wildman–Crippen LogP) is 4.85. The highest BCUT2D eigenvalue weighted by molar-refractivity contribution is 6.07. The maximum Gasteiger partial charge on any atom is 0.325 e. The first-order chi connectivity index (χ1) is 14.0. The van der Waals surface area contributed by atoms with Crippen molar-refractivity contribution in [3.63, 3.8) is 0 Å². The normalized spacial score (nSPS) is 18.8. The van der Waals surface area contributed by atoms with Crippen LogP contribution in [0.3, 0.4) is 0 Å². The molecule has 5 heteroatoms. The summed E-state index contributed by atoms with van der Waals surface area (Å²) in [5, 5.41) is 2.83. The Labute approximate surface area is 169 Å². The van der Waals surface area contributed by atoms with E-state index in [0.29, 0.717) is 12.0 Å². The number of amides is 3. The third-order valence-corrected chi connectivity index (χ3v) is 5.44. The van der Waals surface area contributed by atoms with Gasteiger partial charge in [0.05, 0.1) is 6.54 Å². The average Bonchev–Trinajstić information content (AvgIpc) is 3.00. The molecule has 0 radical (unpaired) electrons. The molecule has 1 aliphatic rings. The third-order valence-electron chi connectivity index (χ3n) is 5.44. The molecule has 1 N–H and O–H groups in total. The molecule has 1 fully saturated rings. The summed E-state index contributed by atoms with van der Waals surface area (Å²) in [5.41, 5.74) is 2.46. The lowest BCUT2D eigenvalue weighted by molar-refractivity contribution is -0.132. The number of carbonyl (C=O) groups excluding carboxylic acids is 2. The lowest BCUT2D eigenvalue weighted by atomic mass is 9.87. The monoisotopic (exact) mass is 388 g/mol. The Kier molecular flexibility index (Phi) is 4.89. The second kappa shape index (κ2) is 7.51. The summed E-state index contributed by atoms with van der Waals surface area (Å²) in [7, 11) is 0. The number of imide groups is 1. The fraction of sp³-hybridized carbons (Fsp3) is 0.167. The summed E-state index contributed by atoms with van der Waals surface area (Å²) < 4.78 is 13.3. The van der Waals surface area contributed by atoms with E-state index >= 15 is 0 Å². The highest BCUT2D eigenvalue weighted by Crippen LogP contribution is 2.33. The fourth-order valence-electron chi connectivity index (χ4n) is 3.76. The van der Waals surface area contributed by atoms with Crippen molar-refractivity contribution < 1.29 is 14.0 Å². The van der Waals surface area contributed by atoms with Gasteiger partial charge in [0.15, 0.2) is 0 Å². The second-order valence-corrected chi connectivity index (χ2v) is 7.15. The van der Waals surface area contributed by atoms with Gasteiger partial charge in [-0.05, 0) is 40.8 Å². The van der Waals surface area contributed by atoms with E-state index in [9.17, 15) is 14.0 Å². The first-order valence-corrected chi connectivity index (χ1v) is 9.58. The molecule has 1 saturated heterocycles. The van der Waals surface area contributed by atoms with E-state index in [1.165, 1.54) is 17.0 Å². The molecule has 1 unspecified atom stereocenters. The number of hydrogen-bond donors (Lipinski definition) is 1. The minimum atomic E-state index is -1.16. The van der Waals surface area contributed by atoms with Gasteiger partial charge in [0.1, 0.15) is 11.4 Å². The van der Waals surface area contributed by atoms with Crippen LogP contribution >= 0.6 is 0 Å². The number of halogens is 1. The maximum absolute atomic E-state index is 13.3. The van der Waals surface area contributed by atoms with Gasteiger partial charge in [-0.25, -0.2) is 9.18 Å². The van der Waals surface area contributed by atoms with Gasteiger partial charge in [0, 0.05) is 0 Å². The van der Waals surface area contributed by atoms with Gasteiger partial charge in [-0.2, -0.15) is 0 Å². The Hall–Kier alpha value is -3.47. The zero-order valence-electron chi connectivity index (χ0n) is 16.1. The van der Waals surface area contributed by atoms with Crippen LogP contribution in [0.25, 0.3) is 11.1 Å². The number of hydrogen-bond acceptors (Lipinski definition) is 2. The number of nitrogens with one attached hydrogen (secondary N) is 1. The van der Waals surface area contributed by atoms with E-state index in [4.69, 9.17) is 0 Å². The highest BCUT2D eigenvalue weighted by Gasteiger charge is 2.51. The van der Waals surface area contributed by atoms with E-state index in [0.717, 1.165) is 16.7 Å². The van der Waals surface area contributed by atoms with Crippen LogP contribution in [0.4, 0.5) is 9.18 Å². The van der Waals surface area contributed by atoms with Crippen LogP contribution in [0.15, 0.2) is 78.9 Å². The molecule has 0 aliphatic carbocycles. The molecule has 4 nitrogen and oxygen atoms in total. The Bertz CT molecular complexity index is 1030. The molecule has 146 valence electrons. The van der Waals surface area contributed by atoms with Crippen LogP contribution in [-0.2, 0) is 16.9 Å². The van der Waals surface area contributed by atoms with Crippen LogP contribution in [-0.4, -0.2) is 16.8 Å². The summed E-state index contributed by atoms with van der Waals surface area (Å²) in [6.07, 6.45) is 0.382. The summed E-state index contributed by atoms with van der Waals surface area (Å²) >= 11 is 0. The summed E-state index contributed by atoms with van der Waals surface area (Å²) in [6, 6.07) is 23.1. The number of urea groups is 1. The topological polar surface area (TPSA) is 49.4 Å². The van der Waals surface area contributed by atoms with Gasteiger partial charge in [-0.3, -0.25) is 9.69 Å². The molecule has 3 aromatic carbocycles. The van der Waals surface area contributed by atoms with E-state index in [2.05, 4.69) is 5.32 Å². The largest absolute Gasteiger partial charge is 0.325 e. The summed E-state index contributed by atoms with van der Waals surface area (Å²) in [5.74, 6) is -0.698. The minimum absolute atomic E-state index is 0.183. The van der Waals surface area contributed by atoms with Crippen molar-refractivity contribution in [3.8, 4) is 11.1 Å². The van der Waals surface area contributed by atoms with Crippen molar-refractivity contribution in [3.05, 3.63) is 95.8 Å². The van der Waals surface area contributed by atoms with Gasteiger partial charge in [-0.1, -0.05) is 73.7 Å². The minimum Gasteiger partial charge on any atom is -0.319 e. The third kappa shape index (κ3) is 3.40. The fourth-order valence-corrected chi connectivity index (χ4v) is 3.76. The molecule has 1 heterocycles. The number of carbonyl (C=O) groups is 2. The zero-order chi connectivity index (χ0) is 20.4. The van der Waals surface area contributed by atoms with E-state index in [1.807, 2.05) is 61.5 Å². The molecular formula is C24H21FN2O2. The van der Waals surface area contributed by atoms with Gasteiger partial charge in [0.2, 0.25) is 0 Å². The zero-order valence-corrected chi connectivity index (χ0v) is 16.1. The lowest BCUT2D eigenvalue weighted by Crippen LogP contribution is -2.43. The van der Waals surface area contributed by atoms with Crippen LogP contribution in [0.2, 0.25) is 0 Å². The molecule has 29 heavy (non-hydrogen) atoms. The second-order valence-electron chi connectivity index (χ2n) is 7.15. The van der Waals surface area contributed by atoms with Gasteiger partial charge in [-0.15, -0.1) is 0 Å². The van der Waals surface area contributed by atoms with E-state index < -0.39 is 11.6 Å². The van der Waals surface area contributed by atoms with Crippen molar-refractivity contribution in [1.29, 1.82) is 0 Å². The number of rotatable bonds is 5. The average molecular weight is 388 g/mol. The maximum atomic E-state index is 13.3. The Balaban J connectivity index is 1.57. The Morgan fingerprint density at radius 1 is 0.862 bits per heavy atom. The molecule has 0 saturated carbocycles. The SMILES string of the molecule is CCC1(c2ccc(F)cc2)NC(=O)N(Cc2ccc(-c3ccccc3)cc2)C1=O. The standard InChI is InChI=1S/C24H21FN2O2/c1-2-24(20-12-14-21(25)15-13-20)22(28)27(23(29)26-24)16-17-8-10-19(11-9-17)18-6-4-3-5-7-18/h3-15H,2,16H2,1H3,(H,26,29). The van der Waals surface area contributed by atoms with Gasteiger partial charge < -0.3 is 5.32 Å². The molecule has 0 spiro atoms. The van der Waals surface area contributed by atoms with E-state index in [-0.39, 0.29) is 18.3 Å². The van der Waals surface area contributed by atoms with Crippen LogP contribution < -0.4 is 5.32 Å². The first kappa shape index (κ1) is 18.9.